The smallest absolute Gasteiger partial charge is 0.385 e. The number of amides is 1. The number of nitrogens with one attached hydrogen (secondary N) is 2. The van der Waals surface area contributed by atoms with Crippen LogP contribution in [0.5, 0.6) is 0 Å². The van der Waals surface area contributed by atoms with E-state index in [4.69, 9.17) is 0 Å². The summed E-state index contributed by atoms with van der Waals surface area (Å²) in [5, 5.41) is 13.6. The highest BCUT2D eigenvalue weighted by Crippen LogP contribution is 2.15. The highest BCUT2D eigenvalue weighted by molar-refractivity contribution is 5.81. The third kappa shape index (κ3) is 2.56. The number of aliphatic hydroxyl groups is 1. The van der Waals surface area contributed by atoms with Crippen molar-refractivity contribution in [2.75, 3.05) is 19.6 Å². The van der Waals surface area contributed by atoms with E-state index in [9.17, 15) is 23.1 Å². The van der Waals surface area contributed by atoms with Crippen molar-refractivity contribution in [3.05, 3.63) is 0 Å². The van der Waals surface area contributed by atoms with Crippen molar-refractivity contribution in [2.45, 2.75) is 11.8 Å². The van der Waals surface area contributed by atoms with Crippen LogP contribution in [0, 0.1) is 0 Å². The molecule has 0 aromatic heterocycles. The summed E-state index contributed by atoms with van der Waals surface area (Å²) in [6, 6.07) is 0. The van der Waals surface area contributed by atoms with Gasteiger partial charge in [0.1, 0.15) is 5.60 Å². The molecule has 7 heteroatoms. The summed E-state index contributed by atoms with van der Waals surface area (Å²) in [5.74, 6) is -2.02. The van der Waals surface area contributed by atoms with Gasteiger partial charge in [-0.15, -0.1) is 0 Å². The van der Waals surface area contributed by atoms with E-state index in [1.54, 1.807) is 5.32 Å². The van der Waals surface area contributed by atoms with Crippen molar-refractivity contribution in [3.8, 4) is 0 Å². The van der Waals surface area contributed by atoms with Gasteiger partial charge in [0, 0.05) is 19.6 Å². The van der Waals surface area contributed by atoms with Gasteiger partial charge in [-0.25, -0.2) is 0 Å². The van der Waals surface area contributed by atoms with Gasteiger partial charge in [0.05, 0.1) is 0 Å². The van der Waals surface area contributed by atoms with Crippen molar-refractivity contribution in [2.24, 2.45) is 0 Å². The lowest BCUT2D eigenvalue weighted by atomic mass is 9.97. The molecular weight excluding hydrogens is 189 g/mol. The van der Waals surface area contributed by atoms with Gasteiger partial charge in [-0.2, -0.15) is 13.2 Å². The zero-order chi connectivity index (χ0) is 10.1. The zero-order valence-corrected chi connectivity index (χ0v) is 6.61. The normalized spacial score (nSPS) is 20.6. The summed E-state index contributed by atoms with van der Waals surface area (Å²) in [7, 11) is 0. The Kier molecular flexibility index (Phi) is 2.49. The van der Waals surface area contributed by atoms with E-state index in [0.717, 1.165) is 0 Å². The molecule has 0 unspecified atom stereocenters. The highest BCUT2D eigenvalue weighted by Gasteiger charge is 2.41. The van der Waals surface area contributed by atoms with Crippen LogP contribution in [0.1, 0.15) is 0 Å². The fraction of sp³-hybridized carbons (Fsp3) is 0.833. The van der Waals surface area contributed by atoms with E-state index < -0.39 is 17.7 Å². The van der Waals surface area contributed by atoms with Crippen LogP contribution in [0.3, 0.4) is 0 Å². The van der Waals surface area contributed by atoms with Crippen molar-refractivity contribution in [1.82, 2.24) is 10.6 Å². The predicted octanol–water partition coefficient (Wildman–Crippen LogP) is -1.00. The predicted molar refractivity (Wildman–Crippen MR) is 36.9 cm³/mol. The average molecular weight is 198 g/mol. The van der Waals surface area contributed by atoms with E-state index in [1.165, 1.54) is 0 Å². The first-order valence-electron chi connectivity index (χ1n) is 3.62. The molecule has 13 heavy (non-hydrogen) atoms. The molecule has 1 saturated heterocycles. The monoisotopic (exact) mass is 198 g/mol. The van der Waals surface area contributed by atoms with Gasteiger partial charge in [0.2, 0.25) is 0 Å². The number of carbonyl (C=O) groups excluding carboxylic acids is 1. The molecule has 0 aromatic carbocycles. The Labute approximate surface area is 72.1 Å². The average Bonchev–Trinajstić information content (AvgIpc) is 1.94. The standard InChI is InChI=1S/C6H9F3N2O2/c7-6(8,9)4(12)11-3-5(13)1-10-2-5/h10,13H,1-3H2,(H,11,12). The molecule has 4 nitrogen and oxygen atoms in total. The van der Waals surface area contributed by atoms with E-state index in [2.05, 4.69) is 5.32 Å². The van der Waals surface area contributed by atoms with Crippen molar-refractivity contribution in [1.29, 1.82) is 0 Å². The van der Waals surface area contributed by atoms with Gasteiger partial charge in [-0.1, -0.05) is 0 Å². The van der Waals surface area contributed by atoms with Crippen LogP contribution in [0.25, 0.3) is 0 Å². The Bertz CT molecular complexity index is 212. The lowest BCUT2D eigenvalue weighted by Gasteiger charge is -2.37. The van der Waals surface area contributed by atoms with Crippen LogP contribution in [-0.4, -0.2) is 42.4 Å². The number of carbonyl (C=O) groups is 1. The largest absolute Gasteiger partial charge is 0.471 e. The summed E-state index contributed by atoms with van der Waals surface area (Å²) in [4.78, 5) is 10.3. The van der Waals surface area contributed by atoms with E-state index in [1.807, 2.05) is 0 Å². The maximum Gasteiger partial charge on any atom is 0.471 e. The molecule has 1 fully saturated rings. The summed E-state index contributed by atoms with van der Waals surface area (Å²) >= 11 is 0. The number of β-amino-alcohol motifs (C(OH)–C–C–N with tert-alkyl or cyclic N) is 1. The number of rotatable bonds is 2. The minimum Gasteiger partial charge on any atom is -0.385 e. The Morgan fingerprint density at radius 3 is 2.38 bits per heavy atom. The van der Waals surface area contributed by atoms with Crippen LogP contribution in [0.15, 0.2) is 0 Å². The fourth-order valence-electron chi connectivity index (χ4n) is 0.884. The Morgan fingerprint density at radius 1 is 1.54 bits per heavy atom. The second-order valence-electron chi connectivity index (χ2n) is 3.01. The van der Waals surface area contributed by atoms with Crippen LogP contribution in [0.4, 0.5) is 13.2 Å². The zero-order valence-electron chi connectivity index (χ0n) is 6.61. The van der Waals surface area contributed by atoms with E-state index >= 15 is 0 Å². The first-order chi connectivity index (χ1) is 5.83. The third-order valence-corrected chi connectivity index (χ3v) is 1.74. The Morgan fingerprint density at radius 2 is 2.08 bits per heavy atom. The number of alkyl halides is 3. The minimum atomic E-state index is -4.88. The molecule has 0 aliphatic carbocycles. The molecule has 0 spiro atoms. The maximum atomic E-state index is 11.6. The second-order valence-corrected chi connectivity index (χ2v) is 3.01. The van der Waals surface area contributed by atoms with Gasteiger partial charge in [0.15, 0.2) is 0 Å². The minimum absolute atomic E-state index is 0.200. The SMILES string of the molecule is O=C(NCC1(O)CNC1)C(F)(F)F. The highest BCUT2D eigenvalue weighted by atomic mass is 19.4. The summed E-state index contributed by atoms with van der Waals surface area (Å²) in [5.41, 5.74) is -1.22. The van der Waals surface area contributed by atoms with Gasteiger partial charge >= 0.3 is 12.1 Å². The summed E-state index contributed by atoms with van der Waals surface area (Å²) in [6.45, 7) is 0.0224. The van der Waals surface area contributed by atoms with Crippen LogP contribution < -0.4 is 10.6 Å². The Balaban J connectivity index is 2.30. The number of hydrogen-bond donors (Lipinski definition) is 3. The lowest BCUT2D eigenvalue weighted by molar-refractivity contribution is -0.174. The van der Waals surface area contributed by atoms with Gasteiger partial charge in [0.25, 0.3) is 0 Å². The van der Waals surface area contributed by atoms with Crippen LogP contribution >= 0.6 is 0 Å². The third-order valence-electron chi connectivity index (χ3n) is 1.74. The first-order valence-corrected chi connectivity index (χ1v) is 3.62. The quantitative estimate of drug-likeness (QED) is 0.533. The van der Waals surface area contributed by atoms with Gasteiger partial charge < -0.3 is 15.7 Å². The molecule has 1 aliphatic rings. The second kappa shape index (κ2) is 3.15. The fourth-order valence-corrected chi connectivity index (χ4v) is 0.884. The molecule has 76 valence electrons. The molecule has 1 heterocycles. The Hall–Kier alpha value is -0.820. The lowest BCUT2D eigenvalue weighted by Crippen LogP contribution is -2.65. The van der Waals surface area contributed by atoms with Crippen LogP contribution in [0.2, 0.25) is 0 Å². The molecule has 0 radical (unpaired) electrons. The number of hydrogen-bond acceptors (Lipinski definition) is 3. The first kappa shape index (κ1) is 10.3. The molecule has 0 saturated carbocycles. The summed E-state index contributed by atoms with van der Waals surface area (Å²) < 4.78 is 34.9. The van der Waals surface area contributed by atoms with Crippen LogP contribution in [-0.2, 0) is 4.79 Å². The van der Waals surface area contributed by atoms with Crippen molar-refractivity contribution in [3.63, 3.8) is 0 Å². The topological polar surface area (TPSA) is 61.4 Å². The molecule has 1 amide bonds. The summed E-state index contributed by atoms with van der Waals surface area (Å²) in [6.07, 6.45) is -4.88. The molecule has 3 N–H and O–H groups in total. The van der Waals surface area contributed by atoms with E-state index in [-0.39, 0.29) is 19.6 Å². The number of halogens is 3. The molecule has 1 aliphatic heterocycles. The molecular formula is C6H9F3N2O2. The molecule has 1 rings (SSSR count). The van der Waals surface area contributed by atoms with Gasteiger partial charge in [-0.05, 0) is 0 Å². The maximum absolute atomic E-state index is 11.6. The van der Waals surface area contributed by atoms with E-state index in [0.29, 0.717) is 0 Å². The molecule has 0 atom stereocenters. The van der Waals surface area contributed by atoms with Crippen molar-refractivity contribution >= 4 is 5.91 Å². The van der Waals surface area contributed by atoms with Crippen molar-refractivity contribution < 1.29 is 23.1 Å². The molecule has 0 aromatic rings. The molecule has 0 bridgehead atoms. The van der Waals surface area contributed by atoms with Gasteiger partial charge in [-0.3, -0.25) is 4.79 Å².